The summed E-state index contributed by atoms with van der Waals surface area (Å²) in [6, 6.07) is 7.54. The molecular formula is C15H21ClN2O2. The zero-order chi connectivity index (χ0) is 14.8. The number of halogens is 1. The van der Waals surface area contributed by atoms with E-state index in [1.54, 1.807) is 11.9 Å². The van der Waals surface area contributed by atoms with Gasteiger partial charge in [-0.25, -0.2) is 0 Å². The molecule has 1 aliphatic rings. The minimum absolute atomic E-state index is 0.0130. The van der Waals surface area contributed by atoms with Crippen molar-refractivity contribution in [1.82, 2.24) is 9.80 Å². The third kappa shape index (κ3) is 3.51. The van der Waals surface area contributed by atoms with Crippen LogP contribution in [0.1, 0.15) is 12.5 Å². The third-order valence-electron chi connectivity index (χ3n) is 3.60. The van der Waals surface area contributed by atoms with E-state index in [-0.39, 0.29) is 5.91 Å². The topological polar surface area (TPSA) is 32.8 Å². The van der Waals surface area contributed by atoms with Crippen molar-refractivity contribution in [2.24, 2.45) is 0 Å². The number of hydrogen-bond donors (Lipinski definition) is 0. The maximum atomic E-state index is 12.6. The lowest BCUT2D eigenvalue weighted by molar-refractivity contribution is -0.165. The molecule has 0 spiro atoms. The van der Waals surface area contributed by atoms with Gasteiger partial charge in [-0.15, -0.1) is 0 Å². The molecule has 0 bridgehead atoms. The van der Waals surface area contributed by atoms with Crippen LogP contribution in [0.5, 0.6) is 0 Å². The van der Waals surface area contributed by atoms with Crippen molar-refractivity contribution in [3.8, 4) is 0 Å². The Balaban J connectivity index is 2.02. The number of likely N-dealkylation sites (N-methyl/N-ethyl adjacent to an activating group) is 2. The zero-order valence-corrected chi connectivity index (χ0v) is 13.0. The van der Waals surface area contributed by atoms with Crippen LogP contribution in [-0.2, 0) is 16.1 Å². The molecule has 0 N–H and O–H groups in total. The van der Waals surface area contributed by atoms with Gasteiger partial charge in [0.15, 0.2) is 5.60 Å². The molecule has 0 aliphatic carbocycles. The number of nitrogens with zero attached hydrogens (tertiary/aromatic N) is 2. The van der Waals surface area contributed by atoms with Crippen LogP contribution >= 0.6 is 11.6 Å². The van der Waals surface area contributed by atoms with Gasteiger partial charge in [-0.3, -0.25) is 4.79 Å². The fourth-order valence-electron chi connectivity index (χ4n) is 2.54. The first-order chi connectivity index (χ1) is 9.40. The number of hydrogen-bond acceptors (Lipinski definition) is 3. The van der Waals surface area contributed by atoms with E-state index >= 15 is 0 Å². The van der Waals surface area contributed by atoms with Gasteiger partial charge >= 0.3 is 0 Å². The highest BCUT2D eigenvalue weighted by molar-refractivity contribution is 6.30. The van der Waals surface area contributed by atoms with E-state index < -0.39 is 5.60 Å². The molecule has 5 heteroatoms. The van der Waals surface area contributed by atoms with Gasteiger partial charge in [0.05, 0.1) is 6.61 Å². The summed E-state index contributed by atoms with van der Waals surface area (Å²) in [5.74, 6) is 0.0130. The van der Waals surface area contributed by atoms with Gasteiger partial charge in [0, 0.05) is 31.7 Å². The molecule has 1 fully saturated rings. The normalized spacial score (nSPS) is 23.6. The Kier molecular flexibility index (Phi) is 4.68. The van der Waals surface area contributed by atoms with Gasteiger partial charge in [-0.2, -0.15) is 0 Å². The Hall–Kier alpha value is -1.10. The van der Waals surface area contributed by atoms with E-state index in [9.17, 15) is 4.79 Å². The molecule has 0 unspecified atom stereocenters. The minimum atomic E-state index is -0.756. The van der Waals surface area contributed by atoms with Gasteiger partial charge in [0.2, 0.25) is 0 Å². The maximum absolute atomic E-state index is 12.6. The second kappa shape index (κ2) is 6.12. The van der Waals surface area contributed by atoms with Crippen molar-refractivity contribution < 1.29 is 9.53 Å². The van der Waals surface area contributed by atoms with Crippen molar-refractivity contribution in [3.05, 3.63) is 34.9 Å². The third-order valence-corrected chi connectivity index (χ3v) is 3.85. The van der Waals surface area contributed by atoms with Gasteiger partial charge in [0.1, 0.15) is 0 Å². The van der Waals surface area contributed by atoms with E-state index in [1.807, 2.05) is 38.2 Å². The highest BCUT2D eigenvalue weighted by Gasteiger charge is 2.39. The van der Waals surface area contributed by atoms with Crippen LogP contribution in [-0.4, -0.2) is 55.1 Å². The summed E-state index contributed by atoms with van der Waals surface area (Å²) in [5.41, 5.74) is 0.298. The predicted octanol–water partition coefficient (Wildman–Crippen LogP) is 2.02. The minimum Gasteiger partial charge on any atom is -0.363 e. The molecule has 2 rings (SSSR count). The summed E-state index contributed by atoms with van der Waals surface area (Å²) in [6.45, 7) is 4.50. The lowest BCUT2D eigenvalue weighted by atomic mass is 10.0. The van der Waals surface area contributed by atoms with Crippen LogP contribution in [0.3, 0.4) is 0 Å². The number of morpholine rings is 1. The van der Waals surface area contributed by atoms with Crippen molar-refractivity contribution in [1.29, 1.82) is 0 Å². The van der Waals surface area contributed by atoms with Gasteiger partial charge in [0.25, 0.3) is 5.91 Å². The molecule has 1 saturated heterocycles. The van der Waals surface area contributed by atoms with Gasteiger partial charge < -0.3 is 14.5 Å². The number of benzene rings is 1. The van der Waals surface area contributed by atoms with Crippen LogP contribution in [0, 0.1) is 0 Å². The predicted molar refractivity (Wildman–Crippen MR) is 79.8 cm³/mol. The monoisotopic (exact) mass is 296 g/mol. The zero-order valence-electron chi connectivity index (χ0n) is 12.2. The highest BCUT2D eigenvalue weighted by Crippen LogP contribution is 2.20. The smallest absolute Gasteiger partial charge is 0.255 e. The molecule has 0 saturated carbocycles. The number of rotatable bonds is 3. The highest BCUT2D eigenvalue weighted by atomic mass is 35.5. The van der Waals surface area contributed by atoms with E-state index in [1.165, 1.54) is 0 Å². The first-order valence-electron chi connectivity index (χ1n) is 6.73. The molecule has 1 aromatic rings. The standard InChI is InChI=1S/C15H21ClN2O2/c1-15(11-17(2)8-9-20-15)14(19)18(3)10-12-4-6-13(16)7-5-12/h4-7H,8-11H2,1-3H3/t15-/m1/s1. The fourth-order valence-corrected chi connectivity index (χ4v) is 2.66. The molecule has 20 heavy (non-hydrogen) atoms. The van der Waals surface area contributed by atoms with Crippen molar-refractivity contribution in [2.75, 3.05) is 33.8 Å². The largest absolute Gasteiger partial charge is 0.363 e. The summed E-state index contributed by atoms with van der Waals surface area (Å²) in [6.07, 6.45) is 0. The van der Waals surface area contributed by atoms with Crippen molar-refractivity contribution in [3.63, 3.8) is 0 Å². The summed E-state index contributed by atoms with van der Waals surface area (Å²) < 4.78 is 5.72. The number of carbonyl (C=O) groups excluding carboxylic acids is 1. The van der Waals surface area contributed by atoms with E-state index in [0.717, 1.165) is 12.1 Å². The Morgan fingerprint density at radius 2 is 2.10 bits per heavy atom. The summed E-state index contributed by atoms with van der Waals surface area (Å²) >= 11 is 5.86. The molecule has 0 aromatic heterocycles. The van der Waals surface area contributed by atoms with Crippen LogP contribution in [0.25, 0.3) is 0 Å². The molecule has 1 amide bonds. The molecular weight excluding hydrogens is 276 g/mol. The quantitative estimate of drug-likeness (QED) is 0.855. The SMILES string of the molecule is CN1CCO[C@@](C)(C(=O)N(C)Cc2ccc(Cl)cc2)C1. The molecule has 0 radical (unpaired) electrons. The average Bonchev–Trinajstić information content (AvgIpc) is 2.40. The Labute approximate surface area is 125 Å². The number of amides is 1. The van der Waals surface area contributed by atoms with E-state index in [4.69, 9.17) is 16.3 Å². The maximum Gasteiger partial charge on any atom is 0.255 e. The van der Waals surface area contributed by atoms with Crippen molar-refractivity contribution >= 4 is 17.5 Å². The van der Waals surface area contributed by atoms with Crippen molar-refractivity contribution in [2.45, 2.75) is 19.1 Å². The van der Waals surface area contributed by atoms with Crippen LogP contribution in [0.4, 0.5) is 0 Å². The summed E-state index contributed by atoms with van der Waals surface area (Å²) in [7, 11) is 3.81. The molecule has 1 heterocycles. The van der Waals surface area contributed by atoms with E-state index in [2.05, 4.69) is 4.90 Å². The molecule has 110 valence electrons. The Morgan fingerprint density at radius 3 is 2.70 bits per heavy atom. The number of carbonyl (C=O) groups is 1. The Bertz CT molecular complexity index is 477. The average molecular weight is 297 g/mol. The first kappa shape index (κ1) is 15.3. The summed E-state index contributed by atoms with van der Waals surface area (Å²) in [4.78, 5) is 16.4. The van der Waals surface area contributed by atoms with Crippen LogP contribution in [0.15, 0.2) is 24.3 Å². The lowest BCUT2D eigenvalue weighted by Crippen LogP contribution is -2.57. The number of ether oxygens (including phenoxy) is 1. The molecule has 1 atom stereocenters. The summed E-state index contributed by atoms with van der Waals surface area (Å²) in [5, 5.41) is 0.701. The second-order valence-electron chi connectivity index (χ2n) is 5.60. The van der Waals surface area contributed by atoms with Crippen LogP contribution < -0.4 is 0 Å². The van der Waals surface area contributed by atoms with Gasteiger partial charge in [-0.05, 0) is 31.7 Å². The molecule has 4 nitrogen and oxygen atoms in total. The van der Waals surface area contributed by atoms with Crippen LogP contribution in [0.2, 0.25) is 5.02 Å². The molecule has 1 aliphatic heterocycles. The second-order valence-corrected chi connectivity index (χ2v) is 6.04. The molecule has 1 aromatic carbocycles. The van der Waals surface area contributed by atoms with E-state index in [0.29, 0.717) is 24.7 Å². The first-order valence-corrected chi connectivity index (χ1v) is 7.11. The van der Waals surface area contributed by atoms with Gasteiger partial charge in [-0.1, -0.05) is 23.7 Å². The Morgan fingerprint density at radius 1 is 1.45 bits per heavy atom. The lowest BCUT2D eigenvalue weighted by Gasteiger charge is -2.39. The fraction of sp³-hybridized carbons (Fsp3) is 0.533.